The molecule has 0 spiro atoms. The first-order valence-electron chi connectivity index (χ1n) is 7.58. The zero-order valence-electron chi connectivity index (χ0n) is 13.7. The monoisotopic (exact) mass is 384 g/mol. The van der Waals surface area contributed by atoms with Crippen LogP contribution in [0.2, 0.25) is 0 Å². The maximum atomic E-state index is 11.1. The third kappa shape index (κ3) is 4.17. The molecule has 0 radical (unpaired) electrons. The summed E-state index contributed by atoms with van der Waals surface area (Å²) in [5, 5.41) is 24.0. The largest absolute Gasteiger partial charge is 0.354 e. The molecule has 0 unspecified atom stereocenters. The number of nitrogens with zero attached hydrogens (tertiary/aromatic N) is 3. The average Bonchev–Trinajstić information content (AvgIpc) is 2.66. The molecule has 1 aromatic heterocycles. The summed E-state index contributed by atoms with van der Waals surface area (Å²) in [6.45, 7) is -0.123. The van der Waals surface area contributed by atoms with Crippen LogP contribution in [0, 0.1) is 21.4 Å². The Morgan fingerprint density at radius 1 is 1.26 bits per heavy atom. The summed E-state index contributed by atoms with van der Waals surface area (Å²) in [7, 11) is -2.96. The predicted molar refractivity (Wildman–Crippen MR) is 97.9 cm³/mol. The number of anilines is 2. The normalized spacial score (nSPS) is 10.7. The zero-order chi connectivity index (χ0) is 19.4. The van der Waals surface area contributed by atoms with E-state index in [1.54, 1.807) is 24.3 Å². The van der Waals surface area contributed by atoms with E-state index in [0.29, 0.717) is 27.8 Å². The van der Waals surface area contributed by atoms with Crippen molar-refractivity contribution < 1.29 is 17.5 Å². The Hall–Kier alpha value is -3.55. The van der Waals surface area contributed by atoms with Gasteiger partial charge in [0, 0.05) is 29.4 Å². The molecular formula is C17H12N4O5S. The summed E-state index contributed by atoms with van der Waals surface area (Å²) >= 11 is 0. The number of pyridine rings is 1. The van der Waals surface area contributed by atoms with Gasteiger partial charge in [0.05, 0.1) is 28.3 Å². The minimum absolute atomic E-state index is 0.121. The number of nitro benzene ring substituents is 1. The van der Waals surface area contributed by atoms with E-state index in [1.165, 1.54) is 24.4 Å². The van der Waals surface area contributed by atoms with Crippen molar-refractivity contribution in [2.24, 2.45) is 0 Å². The SMILES string of the molecule is N#Cc1cnc2ccc([N+](=O)[O-])cc2c1Nc1cccc(CO[SH](=O)=O)c1. The molecule has 0 atom stereocenters. The number of rotatable bonds is 6. The summed E-state index contributed by atoms with van der Waals surface area (Å²) in [6, 6.07) is 13.0. The summed E-state index contributed by atoms with van der Waals surface area (Å²) in [5.74, 6) is 0. The molecular weight excluding hydrogens is 372 g/mol. The van der Waals surface area contributed by atoms with Crippen molar-refractivity contribution in [1.82, 2.24) is 4.98 Å². The Balaban J connectivity index is 2.05. The molecule has 0 saturated heterocycles. The fourth-order valence-corrected chi connectivity index (χ4v) is 2.78. The highest BCUT2D eigenvalue weighted by molar-refractivity contribution is 7.67. The molecule has 9 nitrogen and oxygen atoms in total. The van der Waals surface area contributed by atoms with Gasteiger partial charge < -0.3 is 5.32 Å². The van der Waals surface area contributed by atoms with Crippen LogP contribution in [0.25, 0.3) is 10.9 Å². The van der Waals surface area contributed by atoms with Crippen molar-refractivity contribution in [3.05, 3.63) is 69.9 Å². The molecule has 27 heavy (non-hydrogen) atoms. The lowest BCUT2D eigenvalue weighted by Gasteiger charge is -2.12. The Morgan fingerprint density at radius 2 is 2.07 bits per heavy atom. The minimum Gasteiger partial charge on any atom is -0.354 e. The van der Waals surface area contributed by atoms with Crippen LogP contribution in [0.3, 0.4) is 0 Å². The third-order valence-electron chi connectivity index (χ3n) is 3.72. The first kappa shape index (κ1) is 18.2. The van der Waals surface area contributed by atoms with Crippen LogP contribution < -0.4 is 5.32 Å². The molecule has 3 rings (SSSR count). The van der Waals surface area contributed by atoms with Gasteiger partial charge >= 0.3 is 0 Å². The van der Waals surface area contributed by atoms with Gasteiger partial charge in [0.2, 0.25) is 0 Å². The lowest BCUT2D eigenvalue weighted by atomic mass is 10.1. The van der Waals surface area contributed by atoms with Gasteiger partial charge in [-0.25, -0.2) is 8.42 Å². The summed E-state index contributed by atoms with van der Waals surface area (Å²) in [6.07, 6.45) is 1.38. The number of hydrogen-bond donors (Lipinski definition) is 2. The quantitative estimate of drug-likeness (QED) is 0.376. The zero-order valence-corrected chi connectivity index (χ0v) is 14.6. The number of thiol groups is 1. The molecule has 0 amide bonds. The Bertz CT molecular complexity index is 1150. The molecule has 2 aromatic carbocycles. The van der Waals surface area contributed by atoms with Crippen molar-refractivity contribution in [3.8, 4) is 6.07 Å². The number of nitriles is 1. The van der Waals surface area contributed by atoms with E-state index in [0.717, 1.165) is 0 Å². The molecule has 0 aliphatic carbocycles. The Labute approximate surface area is 155 Å². The summed E-state index contributed by atoms with van der Waals surface area (Å²) in [5.41, 5.74) is 2.12. The van der Waals surface area contributed by atoms with Gasteiger partial charge in [-0.15, -0.1) is 0 Å². The topological polar surface area (TPSA) is 135 Å². The average molecular weight is 384 g/mol. The van der Waals surface area contributed by atoms with E-state index >= 15 is 0 Å². The van der Waals surface area contributed by atoms with E-state index in [4.69, 9.17) is 0 Å². The second-order valence-electron chi connectivity index (χ2n) is 5.44. The predicted octanol–water partition coefficient (Wildman–Crippen LogP) is 2.80. The fraction of sp³-hybridized carbons (Fsp3) is 0.0588. The van der Waals surface area contributed by atoms with Gasteiger partial charge in [-0.1, -0.05) is 12.1 Å². The summed E-state index contributed by atoms with van der Waals surface area (Å²) < 4.78 is 25.7. The molecule has 1 N–H and O–H groups in total. The number of aromatic nitrogens is 1. The second-order valence-corrected chi connectivity index (χ2v) is 6.15. The third-order valence-corrected chi connectivity index (χ3v) is 4.06. The van der Waals surface area contributed by atoms with Crippen molar-refractivity contribution in [3.63, 3.8) is 0 Å². The van der Waals surface area contributed by atoms with Crippen LogP contribution in [0.5, 0.6) is 0 Å². The maximum Gasteiger partial charge on any atom is 0.270 e. The Morgan fingerprint density at radius 3 is 2.78 bits per heavy atom. The minimum atomic E-state index is -2.96. The number of nitrogens with one attached hydrogen (secondary N) is 1. The molecule has 136 valence electrons. The van der Waals surface area contributed by atoms with Crippen molar-refractivity contribution in [2.45, 2.75) is 6.61 Å². The Kier molecular flexibility index (Phi) is 5.25. The van der Waals surface area contributed by atoms with Gasteiger partial charge in [0.1, 0.15) is 6.07 Å². The van der Waals surface area contributed by atoms with Gasteiger partial charge in [0.15, 0.2) is 0 Å². The highest BCUT2D eigenvalue weighted by Gasteiger charge is 2.14. The van der Waals surface area contributed by atoms with Crippen molar-refractivity contribution in [2.75, 3.05) is 5.32 Å². The smallest absolute Gasteiger partial charge is 0.270 e. The highest BCUT2D eigenvalue weighted by Crippen LogP contribution is 2.31. The fourth-order valence-electron chi connectivity index (χ4n) is 2.52. The van der Waals surface area contributed by atoms with Crippen LogP contribution in [0.4, 0.5) is 17.1 Å². The number of hydrogen-bond acceptors (Lipinski definition) is 8. The van der Waals surface area contributed by atoms with Crippen molar-refractivity contribution in [1.29, 1.82) is 5.26 Å². The molecule has 3 aromatic rings. The van der Waals surface area contributed by atoms with Crippen LogP contribution >= 0.6 is 0 Å². The van der Waals surface area contributed by atoms with Gasteiger partial charge in [-0.2, -0.15) is 5.26 Å². The van der Waals surface area contributed by atoms with Crippen LogP contribution in [-0.2, 0) is 21.8 Å². The standard InChI is InChI=1S/C17H12N4O5S/c18-8-12-9-19-16-5-4-14(21(22)23)7-15(16)17(12)20-13-3-1-2-11(6-13)10-26-27(24)25/h1-7,9,27H,10H2,(H,19,20). The maximum absolute atomic E-state index is 11.1. The molecule has 0 bridgehead atoms. The van der Waals surface area contributed by atoms with Crippen LogP contribution in [0.15, 0.2) is 48.7 Å². The second kappa shape index (κ2) is 7.77. The lowest BCUT2D eigenvalue weighted by Crippen LogP contribution is -1.99. The van der Waals surface area contributed by atoms with Gasteiger partial charge in [0.25, 0.3) is 16.7 Å². The first-order chi connectivity index (χ1) is 13.0. The van der Waals surface area contributed by atoms with Crippen molar-refractivity contribution >= 4 is 39.0 Å². The number of non-ortho nitro benzene ring substituents is 1. The highest BCUT2D eigenvalue weighted by atomic mass is 32.2. The lowest BCUT2D eigenvalue weighted by molar-refractivity contribution is -0.384. The molecule has 0 aliphatic rings. The number of nitro groups is 1. The van der Waals surface area contributed by atoms with Crippen LogP contribution in [-0.4, -0.2) is 18.3 Å². The summed E-state index contributed by atoms with van der Waals surface area (Å²) in [4.78, 5) is 14.7. The van der Waals surface area contributed by atoms with Gasteiger partial charge in [-0.05, 0) is 23.8 Å². The van der Waals surface area contributed by atoms with E-state index in [2.05, 4.69) is 14.5 Å². The number of benzene rings is 2. The van der Waals surface area contributed by atoms with E-state index < -0.39 is 15.9 Å². The molecule has 1 heterocycles. The molecule has 0 fully saturated rings. The molecule has 10 heteroatoms. The van der Waals surface area contributed by atoms with E-state index in [1.807, 2.05) is 6.07 Å². The van der Waals surface area contributed by atoms with E-state index in [-0.39, 0.29) is 17.9 Å². The molecule has 0 aliphatic heterocycles. The number of fused-ring (bicyclic) bond motifs is 1. The van der Waals surface area contributed by atoms with E-state index in [9.17, 15) is 23.8 Å². The van der Waals surface area contributed by atoms with Crippen LogP contribution in [0.1, 0.15) is 11.1 Å². The first-order valence-corrected chi connectivity index (χ1v) is 8.68. The molecule has 0 saturated carbocycles. The van der Waals surface area contributed by atoms with Gasteiger partial charge in [-0.3, -0.25) is 19.3 Å².